The van der Waals surface area contributed by atoms with E-state index in [9.17, 15) is 19.4 Å². The van der Waals surface area contributed by atoms with Crippen molar-refractivity contribution in [3.05, 3.63) is 22.5 Å². The van der Waals surface area contributed by atoms with E-state index in [4.69, 9.17) is 10.5 Å². The van der Waals surface area contributed by atoms with Crippen LogP contribution in [0, 0.1) is 5.82 Å². The quantitative estimate of drug-likeness (QED) is 0.561. The molecule has 1 aliphatic rings. The summed E-state index contributed by atoms with van der Waals surface area (Å²) in [6.45, 7) is 1.53. The second-order valence-corrected chi connectivity index (χ2v) is 3.88. The average Bonchev–Trinajstić information content (AvgIpc) is 2.51. The number of nitrogen functional groups attached to an aromatic ring is 1. The van der Waals surface area contributed by atoms with E-state index in [1.165, 1.54) is 6.92 Å². The van der Waals surface area contributed by atoms with Gasteiger partial charge in [-0.05, 0) is 6.92 Å². The Kier molecular flexibility index (Phi) is 2.86. The van der Waals surface area contributed by atoms with Gasteiger partial charge in [0.1, 0.15) is 12.2 Å². The molecule has 0 aliphatic carbocycles. The van der Waals surface area contributed by atoms with Crippen LogP contribution in [0.15, 0.2) is 11.0 Å². The van der Waals surface area contributed by atoms with Gasteiger partial charge >= 0.3 is 5.69 Å². The molecule has 1 aliphatic heterocycles. The summed E-state index contributed by atoms with van der Waals surface area (Å²) in [5, 5.41) is 19.1. The maximum atomic E-state index is 13.2. The lowest BCUT2D eigenvalue weighted by Gasteiger charge is -2.17. The Morgan fingerprint density at radius 2 is 2.18 bits per heavy atom. The minimum Gasteiger partial charge on any atom is -0.388 e. The summed E-state index contributed by atoms with van der Waals surface area (Å²) in [5.74, 6) is -1.42. The van der Waals surface area contributed by atoms with Gasteiger partial charge in [-0.1, -0.05) is 0 Å². The fourth-order valence-electron chi connectivity index (χ4n) is 1.70. The molecule has 0 radical (unpaired) electrons. The molecule has 8 heteroatoms. The van der Waals surface area contributed by atoms with Crippen LogP contribution in [0.25, 0.3) is 0 Å². The van der Waals surface area contributed by atoms with E-state index in [1.807, 2.05) is 0 Å². The minimum absolute atomic E-state index is 0.521. The molecule has 1 aromatic heterocycles. The zero-order valence-electron chi connectivity index (χ0n) is 8.95. The molecule has 1 fully saturated rings. The summed E-state index contributed by atoms with van der Waals surface area (Å²) < 4.78 is 19.1. The summed E-state index contributed by atoms with van der Waals surface area (Å²) in [6, 6.07) is 0. The topological polar surface area (TPSA) is 111 Å². The molecule has 0 spiro atoms. The standard InChI is InChI=1S/C9H12FN3O4/c1-3-5(14)6(15)8(17-3)13-2-4(10)7(11)12-9(13)16/h2-3,5-6,8,14-15H,1H3,(H2,11,12,16)/t3-,5-,6+,8+/m1/s1. The van der Waals surface area contributed by atoms with Gasteiger partial charge in [-0.2, -0.15) is 4.98 Å². The van der Waals surface area contributed by atoms with Crippen LogP contribution in [0.1, 0.15) is 13.2 Å². The molecule has 4 atom stereocenters. The molecule has 2 heterocycles. The molecule has 1 aromatic rings. The molecule has 0 aromatic carbocycles. The van der Waals surface area contributed by atoms with Gasteiger partial charge in [-0.3, -0.25) is 4.57 Å². The molecule has 7 nitrogen and oxygen atoms in total. The SMILES string of the molecule is C[C@H]1O[C@H](n2cc(F)c(N)nc2=O)[C@@H](O)[C@@H]1O. The molecular formula is C9H12FN3O4. The fraction of sp³-hybridized carbons (Fsp3) is 0.556. The Hall–Kier alpha value is -1.51. The lowest BCUT2D eigenvalue weighted by atomic mass is 10.1. The van der Waals surface area contributed by atoms with E-state index in [-0.39, 0.29) is 0 Å². The van der Waals surface area contributed by atoms with Crippen LogP contribution in [0.3, 0.4) is 0 Å². The van der Waals surface area contributed by atoms with Crippen LogP contribution in [-0.2, 0) is 4.74 Å². The molecule has 17 heavy (non-hydrogen) atoms. The highest BCUT2D eigenvalue weighted by atomic mass is 19.1. The van der Waals surface area contributed by atoms with E-state index in [2.05, 4.69) is 4.98 Å². The summed E-state index contributed by atoms with van der Waals surface area (Å²) in [4.78, 5) is 14.7. The number of halogens is 1. The fourth-order valence-corrected chi connectivity index (χ4v) is 1.70. The third-order valence-electron chi connectivity index (χ3n) is 2.69. The Bertz CT molecular complexity index is 492. The molecule has 1 saturated heterocycles. The maximum absolute atomic E-state index is 13.2. The van der Waals surface area contributed by atoms with Crippen LogP contribution in [-0.4, -0.2) is 38.1 Å². The Morgan fingerprint density at radius 3 is 2.71 bits per heavy atom. The van der Waals surface area contributed by atoms with E-state index < -0.39 is 41.9 Å². The highest BCUT2D eigenvalue weighted by Gasteiger charge is 2.41. The van der Waals surface area contributed by atoms with Gasteiger partial charge < -0.3 is 20.7 Å². The van der Waals surface area contributed by atoms with Gasteiger partial charge in [0.2, 0.25) is 0 Å². The van der Waals surface area contributed by atoms with Gasteiger partial charge in [0.25, 0.3) is 0 Å². The monoisotopic (exact) mass is 245 g/mol. The van der Waals surface area contributed by atoms with E-state index >= 15 is 0 Å². The van der Waals surface area contributed by atoms with Gasteiger partial charge in [0, 0.05) is 0 Å². The summed E-state index contributed by atoms with van der Waals surface area (Å²) in [5.41, 5.74) is 4.27. The van der Waals surface area contributed by atoms with E-state index in [0.29, 0.717) is 0 Å². The normalized spacial score (nSPS) is 32.9. The largest absolute Gasteiger partial charge is 0.388 e. The van der Waals surface area contributed by atoms with Crippen molar-refractivity contribution in [2.45, 2.75) is 31.5 Å². The third kappa shape index (κ3) is 1.90. The molecule has 4 N–H and O–H groups in total. The van der Waals surface area contributed by atoms with E-state index in [0.717, 1.165) is 10.8 Å². The van der Waals surface area contributed by atoms with Gasteiger partial charge in [-0.15, -0.1) is 0 Å². The molecule has 94 valence electrons. The first-order valence-corrected chi connectivity index (χ1v) is 4.97. The number of rotatable bonds is 1. The maximum Gasteiger partial charge on any atom is 0.351 e. The number of anilines is 1. The van der Waals surface area contributed by atoms with Gasteiger partial charge in [0.15, 0.2) is 17.9 Å². The first kappa shape index (κ1) is 12.0. The summed E-state index contributed by atoms with van der Waals surface area (Å²) in [6.07, 6.45) is -3.51. The van der Waals surface area contributed by atoms with Crippen molar-refractivity contribution in [3.8, 4) is 0 Å². The van der Waals surface area contributed by atoms with Crippen LogP contribution in [0.2, 0.25) is 0 Å². The number of hydrogen-bond donors (Lipinski definition) is 3. The second kappa shape index (κ2) is 4.06. The molecule has 0 amide bonds. The summed E-state index contributed by atoms with van der Waals surface area (Å²) in [7, 11) is 0. The lowest BCUT2D eigenvalue weighted by Crippen LogP contribution is -2.35. The number of nitrogens with zero attached hydrogens (tertiary/aromatic N) is 2. The van der Waals surface area contributed by atoms with Crippen molar-refractivity contribution >= 4 is 5.82 Å². The molecule has 0 unspecified atom stereocenters. The molecule has 0 saturated carbocycles. The van der Waals surface area contributed by atoms with E-state index in [1.54, 1.807) is 0 Å². The summed E-state index contributed by atoms with van der Waals surface area (Å²) >= 11 is 0. The molecular weight excluding hydrogens is 233 g/mol. The van der Waals surface area contributed by atoms with Crippen LogP contribution in [0.4, 0.5) is 10.2 Å². The highest BCUT2D eigenvalue weighted by molar-refractivity contribution is 5.26. The third-order valence-corrected chi connectivity index (χ3v) is 2.69. The van der Waals surface area contributed by atoms with Crippen molar-refractivity contribution in [1.82, 2.24) is 9.55 Å². The number of aromatic nitrogens is 2. The predicted molar refractivity (Wildman–Crippen MR) is 54.5 cm³/mol. The zero-order valence-corrected chi connectivity index (χ0v) is 8.95. The Labute approximate surface area is 95.3 Å². The van der Waals surface area contributed by atoms with Crippen LogP contribution < -0.4 is 11.4 Å². The average molecular weight is 245 g/mol. The van der Waals surface area contributed by atoms with Crippen molar-refractivity contribution in [1.29, 1.82) is 0 Å². The van der Waals surface area contributed by atoms with Gasteiger partial charge in [0.05, 0.1) is 12.3 Å². The van der Waals surface area contributed by atoms with Crippen molar-refractivity contribution < 1.29 is 19.3 Å². The Balaban J connectivity index is 2.42. The Morgan fingerprint density at radius 1 is 1.53 bits per heavy atom. The zero-order chi connectivity index (χ0) is 12.7. The number of aliphatic hydroxyl groups is 2. The molecule has 0 bridgehead atoms. The van der Waals surface area contributed by atoms with Crippen LogP contribution >= 0.6 is 0 Å². The lowest BCUT2D eigenvalue weighted by molar-refractivity contribution is -0.0355. The number of hydrogen-bond acceptors (Lipinski definition) is 6. The predicted octanol–water partition coefficient (Wildman–Crippen LogP) is -1.40. The van der Waals surface area contributed by atoms with Crippen LogP contribution in [0.5, 0.6) is 0 Å². The van der Waals surface area contributed by atoms with Crippen molar-refractivity contribution in [2.24, 2.45) is 0 Å². The second-order valence-electron chi connectivity index (χ2n) is 3.88. The minimum atomic E-state index is -1.33. The number of aliphatic hydroxyl groups excluding tert-OH is 2. The smallest absolute Gasteiger partial charge is 0.351 e. The first-order chi connectivity index (χ1) is 7.91. The van der Waals surface area contributed by atoms with Crippen molar-refractivity contribution in [3.63, 3.8) is 0 Å². The highest BCUT2D eigenvalue weighted by Crippen LogP contribution is 2.28. The first-order valence-electron chi connectivity index (χ1n) is 4.97. The van der Waals surface area contributed by atoms with Gasteiger partial charge in [-0.25, -0.2) is 9.18 Å². The molecule has 2 rings (SSSR count). The number of nitrogens with two attached hydrogens (primary N) is 1. The van der Waals surface area contributed by atoms with Crippen molar-refractivity contribution in [2.75, 3.05) is 5.73 Å². The number of ether oxygens (including phenoxy) is 1.